The molecule has 0 amide bonds. The predicted octanol–water partition coefficient (Wildman–Crippen LogP) is 1.90. The molecular weight excluding hydrogens is 243 g/mol. The first-order valence-corrected chi connectivity index (χ1v) is 5.52. The van der Waals surface area contributed by atoms with Crippen LogP contribution in [0.25, 0.3) is 0 Å². The summed E-state index contributed by atoms with van der Waals surface area (Å²) in [7, 11) is 1.61. The van der Waals surface area contributed by atoms with Gasteiger partial charge in [-0.3, -0.25) is 0 Å². The van der Waals surface area contributed by atoms with Gasteiger partial charge in [-0.2, -0.15) is 0 Å². The Morgan fingerprint density at radius 1 is 1.47 bits per heavy atom. The van der Waals surface area contributed by atoms with Crippen LogP contribution < -0.4 is 15.8 Å². The van der Waals surface area contributed by atoms with Crippen LogP contribution in [0.5, 0.6) is 5.75 Å². The van der Waals surface area contributed by atoms with E-state index in [-0.39, 0.29) is 10.9 Å². The summed E-state index contributed by atoms with van der Waals surface area (Å²) in [5, 5.41) is 2.74. The summed E-state index contributed by atoms with van der Waals surface area (Å²) in [4.78, 5) is 0. The van der Waals surface area contributed by atoms with Gasteiger partial charge in [0.25, 0.3) is 0 Å². The normalized spacial score (nSPS) is 10.0. The highest BCUT2D eigenvalue weighted by molar-refractivity contribution is 7.80. The van der Waals surface area contributed by atoms with Crippen molar-refractivity contribution >= 4 is 23.0 Å². The van der Waals surface area contributed by atoms with E-state index in [1.807, 2.05) is 0 Å². The minimum atomic E-state index is -0.455. The van der Waals surface area contributed by atoms with Gasteiger partial charge in [-0.05, 0) is 24.4 Å². The number of nitrogens with one attached hydrogen (secondary N) is 1. The van der Waals surface area contributed by atoms with Gasteiger partial charge in [0.05, 0.1) is 6.61 Å². The molecule has 0 unspecified atom stereocenters. The Hall–Kier alpha value is -1.40. The molecule has 0 bridgehead atoms. The highest BCUT2D eigenvalue weighted by Crippen LogP contribution is 2.21. The van der Waals surface area contributed by atoms with Crippen LogP contribution in [-0.4, -0.2) is 25.4 Å². The lowest BCUT2D eigenvalue weighted by Gasteiger charge is -2.09. The number of nitrogens with two attached hydrogens (primary N) is 1. The zero-order valence-corrected chi connectivity index (χ0v) is 10.3. The maximum atomic E-state index is 13.5. The van der Waals surface area contributed by atoms with Gasteiger partial charge < -0.3 is 20.5 Å². The van der Waals surface area contributed by atoms with Crippen molar-refractivity contribution in [2.45, 2.75) is 6.42 Å². The van der Waals surface area contributed by atoms with Crippen LogP contribution in [0.4, 0.5) is 10.1 Å². The second kappa shape index (κ2) is 7.03. The Kier molecular flexibility index (Phi) is 5.65. The number of methoxy groups -OCH3 is 1. The van der Waals surface area contributed by atoms with Gasteiger partial charge in [0.1, 0.15) is 0 Å². The Balaban J connectivity index is 2.54. The Morgan fingerprint density at radius 3 is 2.82 bits per heavy atom. The van der Waals surface area contributed by atoms with E-state index < -0.39 is 5.82 Å². The fourth-order valence-electron chi connectivity index (χ4n) is 1.22. The molecule has 0 aliphatic carbocycles. The number of anilines is 1. The molecule has 0 fully saturated rings. The fraction of sp³-hybridized carbons (Fsp3) is 0.364. The third kappa shape index (κ3) is 4.97. The number of ether oxygens (including phenoxy) is 2. The summed E-state index contributed by atoms with van der Waals surface area (Å²) in [6.45, 7) is 0.996. The lowest BCUT2D eigenvalue weighted by Crippen LogP contribution is -2.18. The second-order valence-corrected chi connectivity index (χ2v) is 3.77. The molecule has 0 saturated carbocycles. The van der Waals surface area contributed by atoms with E-state index in [4.69, 9.17) is 15.2 Å². The maximum absolute atomic E-state index is 13.5. The van der Waals surface area contributed by atoms with Crippen molar-refractivity contribution in [1.82, 2.24) is 0 Å². The van der Waals surface area contributed by atoms with Gasteiger partial charge in [0.2, 0.25) is 0 Å². The van der Waals surface area contributed by atoms with Crippen LogP contribution in [0, 0.1) is 5.82 Å². The van der Waals surface area contributed by atoms with Gasteiger partial charge in [0, 0.05) is 31.9 Å². The lowest BCUT2D eigenvalue weighted by molar-refractivity contribution is 0.170. The molecule has 0 aliphatic heterocycles. The third-order valence-corrected chi connectivity index (χ3v) is 2.05. The first-order valence-electron chi connectivity index (χ1n) is 5.11. The SMILES string of the molecule is COCCCOc1ccc(NC(N)=S)cc1F. The predicted molar refractivity (Wildman–Crippen MR) is 68.8 cm³/mol. The molecule has 3 N–H and O–H groups in total. The molecular formula is C11H15FN2O2S. The van der Waals surface area contributed by atoms with Crippen molar-refractivity contribution in [3.05, 3.63) is 24.0 Å². The standard InChI is InChI=1S/C11H15FN2O2S/c1-15-5-2-6-16-10-4-3-8(7-9(10)12)14-11(13)17/h3-4,7H,2,5-6H2,1H3,(H3,13,14,17). The zero-order valence-electron chi connectivity index (χ0n) is 9.53. The quantitative estimate of drug-likeness (QED) is 0.603. The third-order valence-electron chi connectivity index (χ3n) is 1.95. The van der Waals surface area contributed by atoms with Gasteiger partial charge in [-0.25, -0.2) is 4.39 Å². The number of halogens is 1. The lowest BCUT2D eigenvalue weighted by atomic mass is 10.3. The monoisotopic (exact) mass is 258 g/mol. The van der Waals surface area contributed by atoms with Gasteiger partial charge in [-0.15, -0.1) is 0 Å². The Morgan fingerprint density at radius 2 is 2.24 bits per heavy atom. The first-order chi connectivity index (χ1) is 8.13. The fourth-order valence-corrected chi connectivity index (χ4v) is 1.34. The molecule has 0 radical (unpaired) electrons. The average Bonchev–Trinajstić information content (AvgIpc) is 2.26. The van der Waals surface area contributed by atoms with Gasteiger partial charge in [-0.1, -0.05) is 0 Å². The van der Waals surface area contributed by atoms with Crippen molar-refractivity contribution in [2.75, 3.05) is 25.6 Å². The van der Waals surface area contributed by atoms with Crippen LogP contribution >= 0.6 is 12.2 Å². The molecule has 0 atom stereocenters. The van der Waals surface area contributed by atoms with E-state index in [0.717, 1.165) is 0 Å². The molecule has 4 nitrogen and oxygen atoms in total. The number of hydrogen-bond acceptors (Lipinski definition) is 3. The van der Waals surface area contributed by atoms with E-state index in [2.05, 4.69) is 17.5 Å². The summed E-state index contributed by atoms with van der Waals surface area (Å²) in [5.41, 5.74) is 5.78. The van der Waals surface area contributed by atoms with E-state index in [9.17, 15) is 4.39 Å². The molecule has 0 saturated heterocycles. The first kappa shape index (κ1) is 13.7. The van der Waals surface area contributed by atoms with E-state index in [1.165, 1.54) is 12.1 Å². The van der Waals surface area contributed by atoms with Crippen molar-refractivity contribution in [3.8, 4) is 5.75 Å². The summed E-state index contributed by atoms with van der Waals surface area (Å²) in [5.74, 6) is -0.252. The second-order valence-electron chi connectivity index (χ2n) is 3.33. The molecule has 0 aliphatic rings. The minimum Gasteiger partial charge on any atom is -0.490 e. The van der Waals surface area contributed by atoms with Crippen LogP contribution in [0.1, 0.15) is 6.42 Å². The van der Waals surface area contributed by atoms with E-state index in [0.29, 0.717) is 25.3 Å². The Bertz CT molecular complexity index is 388. The van der Waals surface area contributed by atoms with Crippen LogP contribution in [0.15, 0.2) is 18.2 Å². The average molecular weight is 258 g/mol. The van der Waals surface area contributed by atoms with Crippen molar-refractivity contribution in [3.63, 3.8) is 0 Å². The van der Waals surface area contributed by atoms with Crippen molar-refractivity contribution < 1.29 is 13.9 Å². The molecule has 1 rings (SSSR count). The van der Waals surface area contributed by atoms with Crippen molar-refractivity contribution in [2.24, 2.45) is 5.73 Å². The number of benzene rings is 1. The van der Waals surface area contributed by atoms with Crippen LogP contribution in [0.2, 0.25) is 0 Å². The van der Waals surface area contributed by atoms with Gasteiger partial charge in [0.15, 0.2) is 16.7 Å². The van der Waals surface area contributed by atoms with Crippen LogP contribution in [0.3, 0.4) is 0 Å². The minimum absolute atomic E-state index is 0.0955. The zero-order chi connectivity index (χ0) is 12.7. The smallest absolute Gasteiger partial charge is 0.168 e. The molecule has 0 heterocycles. The molecule has 17 heavy (non-hydrogen) atoms. The number of rotatable bonds is 6. The molecule has 94 valence electrons. The molecule has 6 heteroatoms. The topological polar surface area (TPSA) is 56.5 Å². The largest absolute Gasteiger partial charge is 0.490 e. The van der Waals surface area contributed by atoms with Gasteiger partial charge >= 0.3 is 0 Å². The van der Waals surface area contributed by atoms with Crippen molar-refractivity contribution in [1.29, 1.82) is 0 Å². The molecule has 1 aromatic rings. The highest BCUT2D eigenvalue weighted by atomic mass is 32.1. The van der Waals surface area contributed by atoms with E-state index in [1.54, 1.807) is 13.2 Å². The number of thiocarbonyl (C=S) groups is 1. The summed E-state index contributed by atoms with van der Waals surface area (Å²) in [6, 6.07) is 4.46. The molecule has 1 aromatic carbocycles. The summed E-state index contributed by atoms with van der Waals surface area (Å²) in [6.07, 6.45) is 0.711. The van der Waals surface area contributed by atoms with Crippen LogP contribution in [-0.2, 0) is 4.74 Å². The maximum Gasteiger partial charge on any atom is 0.168 e. The highest BCUT2D eigenvalue weighted by Gasteiger charge is 2.04. The summed E-state index contributed by atoms with van der Waals surface area (Å²) < 4.78 is 23.6. The molecule has 0 spiro atoms. The Labute approximate surface area is 105 Å². The number of hydrogen-bond donors (Lipinski definition) is 2. The van der Waals surface area contributed by atoms with E-state index >= 15 is 0 Å². The molecule has 0 aromatic heterocycles. The summed E-state index contributed by atoms with van der Waals surface area (Å²) >= 11 is 4.65.